The minimum atomic E-state index is -0.262. The van der Waals surface area contributed by atoms with Crippen molar-refractivity contribution in [2.24, 2.45) is 0 Å². The fourth-order valence-electron chi connectivity index (χ4n) is 3.68. The van der Waals surface area contributed by atoms with Gasteiger partial charge in [-0.25, -0.2) is 4.39 Å². The van der Waals surface area contributed by atoms with Crippen LogP contribution in [0.4, 0.5) is 4.39 Å². The van der Waals surface area contributed by atoms with Gasteiger partial charge in [0.15, 0.2) is 6.61 Å². The lowest BCUT2D eigenvalue weighted by Crippen LogP contribution is -2.30. The number of aromatic nitrogens is 2. The third-order valence-corrected chi connectivity index (χ3v) is 5.09. The summed E-state index contributed by atoms with van der Waals surface area (Å²) >= 11 is 0. The van der Waals surface area contributed by atoms with Crippen LogP contribution in [-0.2, 0) is 11.2 Å². The molecule has 4 rings (SSSR count). The quantitative estimate of drug-likeness (QED) is 0.517. The number of hydrogen-bond acceptors (Lipinski definition) is 3. The van der Waals surface area contributed by atoms with Gasteiger partial charge in [0, 0.05) is 29.2 Å². The fourth-order valence-corrected chi connectivity index (χ4v) is 3.68. The Hall–Kier alpha value is -3.41. The highest BCUT2D eigenvalue weighted by Crippen LogP contribution is 2.28. The number of fused-ring (bicyclic) bond motifs is 2. The Bertz CT molecular complexity index is 1190. The van der Waals surface area contributed by atoms with E-state index in [0.29, 0.717) is 24.2 Å². The van der Waals surface area contributed by atoms with Gasteiger partial charge in [-0.2, -0.15) is 0 Å². The van der Waals surface area contributed by atoms with Crippen molar-refractivity contribution in [1.82, 2.24) is 15.3 Å². The lowest BCUT2D eigenvalue weighted by Gasteiger charge is -2.10. The number of nitrogens with one attached hydrogen (secondary N) is 2. The number of carbonyl (C=O) groups is 1. The van der Waals surface area contributed by atoms with Crippen molar-refractivity contribution < 1.29 is 13.9 Å². The number of H-pyrrole nitrogens is 1. The first-order valence-electron chi connectivity index (χ1n) is 9.54. The average Bonchev–Trinajstić information content (AvgIpc) is 3.07. The Morgan fingerprint density at radius 3 is 2.90 bits per heavy atom. The van der Waals surface area contributed by atoms with E-state index in [-0.39, 0.29) is 18.3 Å². The second-order valence-electron chi connectivity index (χ2n) is 7.06. The predicted octanol–water partition coefficient (Wildman–Crippen LogP) is 4.21. The fraction of sp³-hybridized carbons (Fsp3) is 0.217. The van der Waals surface area contributed by atoms with Crippen LogP contribution in [0.25, 0.3) is 21.8 Å². The van der Waals surface area contributed by atoms with E-state index in [9.17, 15) is 9.18 Å². The van der Waals surface area contributed by atoms with Gasteiger partial charge < -0.3 is 15.0 Å². The molecule has 0 radical (unpaired) electrons. The number of carbonyl (C=O) groups excluding carboxylic acids is 1. The molecule has 2 aromatic heterocycles. The average molecular weight is 391 g/mol. The normalized spacial score (nSPS) is 11.1. The van der Waals surface area contributed by atoms with E-state index in [1.807, 2.05) is 44.2 Å². The summed E-state index contributed by atoms with van der Waals surface area (Å²) in [6.45, 7) is 4.26. The van der Waals surface area contributed by atoms with Crippen molar-refractivity contribution >= 4 is 27.7 Å². The van der Waals surface area contributed by atoms with Gasteiger partial charge in [0.25, 0.3) is 5.91 Å². The molecule has 6 heteroatoms. The van der Waals surface area contributed by atoms with Crippen LogP contribution in [0.1, 0.15) is 16.8 Å². The minimum absolute atomic E-state index is 0.0749. The number of benzene rings is 2. The SMILES string of the molecule is Cc1[nH]c2c(F)ccc(C)c2c1CCNC(=O)COc1cccc2ncccc12. The van der Waals surface area contributed by atoms with Crippen molar-refractivity contribution in [2.45, 2.75) is 20.3 Å². The highest BCUT2D eigenvalue weighted by molar-refractivity contribution is 5.88. The van der Waals surface area contributed by atoms with E-state index in [1.165, 1.54) is 6.07 Å². The third kappa shape index (κ3) is 3.78. The number of amides is 1. The molecule has 0 saturated carbocycles. The standard InChI is InChI=1S/C23H22FN3O2/c1-14-8-9-18(24)23-22(14)16(15(2)27-23)10-12-26-21(28)13-29-20-7-3-6-19-17(20)5-4-11-25-19/h3-9,11,27H,10,12-13H2,1-2H3,(H,26,28). The number of hydrogen-bond donors (Lipinski definition) is 2. The van der Waals surface area contributed by atoms with E-state index in [2.05, 4.69) is 15.3 Å². The Morgan fingerprint density at radius 1 is 1.17 bits per heavy atom. The Kier molecular flexibility index (Phi) is 5.16. The molecule has 0 atom stereocenters. The van der Waals surface area contributed by atoms with Crippen molar-refractivity contribution in [3.05, 3.63) is 71.3 Å². The van der Waals surface area contributed by atoms with E-state index >= 15 is 0 Å². The van der Waals surface area contributed by atoms with Crippen LogP contribution >= 0.6 is 0 Å². The molecule has 0 aliphatic rings. The highest BCUT2D eigenvalue weighted by Gasteiger charge is 2.14. The van der Waals surface area contributed by atoms with Crippen molar-refractivity contribution in [3.63, 3.8) is 0 Å². The van der Waals surface area contributed by atoms with Crippen LogP contribution < -0.4 is 10.1 Å². The molecule has 0 saturated heterocycles. The molecule has 29 heavy (non-hydrogen) atoms. The number of nitrogens with zero attached hydrogens (tertiary/aromatic N) is 1. The summed E-state index contributed by atoms with van der Waals surface area (Å²) in [5.74, 6) is 0.164. The van der Waals surface area contributed by atoms with Gasteiger partial charge in [-0.05, 0) is 61.7 Å². The van der Waals surface area contributed by atoms with E-state index in [1.54, 1.807) is 12.3 Å². The van der Waals surface area contributed by atoms with Crippen molar-refractivity contribution in [3.8, 4) is 5.75 Å². The summed E-state index contributed by atoms with van der Waals surface area (Å²) in [7, 11) is 0. The zero-order valence-electron chi connectivity index (χ0n) is 16.4. The zero-order valence-corrected chi connectivity index (χ0v) is 16.4. The van der Waals surface area contributed by atoms with Crippen LogP contribution in [0.3, 0.4) is 0 Å². The van der Waals surface area contributed by atoms with Gasteiger partial charge in [0.2, 0.25) is 0 Å². The maximum Gasteiger partial charge on any atom is 0.257 e. The molecule has 0 aliphatic carbocycles. The maximum atomic E-state index is 14.1. The summed E-state index contributed by atoms with van der Waals surface area (Å²) in [5, 5.41) is 4.65. The number of aryl methyl sites for hydroxylation is 2. The van der Waals surface area contributed by atoms with Crippen LogP contribution in [0, 0.1) is 19.7 Å². The lowest BCUT2D eigenvalue weighted by molar-refractivity contribution is -0.123. The monoisotopic (exact) mass is 391 g/mol. The van der Waals surface area contributed by atoms with E-state index in [0.717, 1.165) is 33.1 Å². The summed E-state index contributed by atoms with van der Waals surface area (Å²) in [6.07, 6.45) is 2.33. The molecule has 0 bridgehead atoms. The molecular weight excluding hydrogens is 369 g/mol. The van der Waals surface area contributed by atoms with Gasteiger partial charge in [-0.3, -0.25) is 9.78 Å². The molecule has 0 fully saturated rings. The topological polar surface area (TPSA) is 67.0 Å². The number of rotatable bonds is 6. The van der Waals surface area contributed by atoms with Crippen molar-refractivity contribution in [2.75, 3.05) is 13.2 Å². The zero-order chi connectivity index (χ0) is 20.4. The number of pyridine rings is 1. The molecular formula is C23H22FN3O2. The van der Waals surface area contributed by atoms with Gasteiger partial charge >= 0.3 is 0 Å². The van der Waals surface area contributed by atoms with E-state index < -0.39 is 0 Å². The van der Waals surface area contributed by atoms with E-state index in [4.69, 9.17) is 4.74 Å². The summed E-state index contributed by atoms with van der Waals surface area (Å²) in [4.78, 5) is 19.6. The van der Waals surface area contributed by atoms with Gasteiger partial charge in [0.1, 0.15) is 11.6 Å². The number of aromatic amines is 1. The largest absolute Gasteiger partial charge is 0.483 e. The predicted molar refractivity (Wildman–Crippen MR) is 112 cm³/mol. The molecule has 2 aromatic carbocycles. The molecule has 1 amide bonds. The van der Waals surface area contributed by atoms with Crippen LogP contribution in [0.5, 0.6) is 5.75 Å². The molecule has 2 heterocycles. The molecule has 4 aromatic rings. The number of ether oxygens (including phenoxy) is 1. The smallest absolute Gasteiger partial charge is 0.257 e. The van der Waals surface area contributed by atoms with Gasteiger partial charge in [-0.15, -0.1) is 0 Å². The van der Waals surface area contributed by atoms with Crippen LogP contribution in [-0.4, -0.2) is 29.0 Å². The second-order valence-corrected chi connectivity index (χ2v) is 7.06. The highest BCUT2D eigenvalue weighted by atomic mass is 19.1. The summed E-state index contributed by atoms with van der Waals surface area (Å²) < 4.78 is 19.8. The Morgan fingerprint density at radius 2 is 2.03 bits per heavy atom. The summed E-state index contributed by atoms with van der Waals surface area (Å²) in [6, 6.07) is 12.6. The van der Waals surface area contributed by atoms with Gasteiger partial charge in [-0.1, -0.05) is 12.1 Å². The molecule has 5 nitrogen and oxygen atoms in total. The van der Waals surface area contributed by atoms with Crippen LogP contribution in [0.15, 0.2) is 48.7 Å². The molecule has 0 spiro atoms. The molecule has 0 unspecified atom stereocenters. The number of halogens is 1. The van der Waals surface area contributed by atoms with Gasteiger partial charge in [0.05, 0.1) is 11.0 Å². The molecule has 0 aliphatic heterocycles. The third-order valence-electron chi connectivity index (χ3n) is 5.09. The second kappa shape index (κ2) is 7.91. The van der Waals surface area contributed by atoms with Crippen molar-refractivity contribution in [1.29, 1.82) is 0 Å². The first kappa shape index (κ1) is 18.9. The van der Waals surface area contributed by atoms with Crippen LogP contribution in [0.2, 0.25) is 0 Å². The summed E-state index contributed by atoms with van der Waals surface area (Å²) in [5.41, 5.74) is 4.31. The maximum absolute atomic E-state index is 14.1. The Balaban J connectivity index is 1.38. The minimum Gasteiger partial charge on any atom is -0.483 e. The first-order chi connectivity index (χ1) is 14.0. The first-order valence-corrected chi connectivity index (χ1v) is 9.54. The molecule has 2 N–H and O–H groups in total. The lowest BCUT2D eigenvalue weighted by atomic mass is 10.0. The molecule has 148 valence electrons. The Labute approximate surface area is 167 Å².